The summed E-state index contributed by atoms with van der Waals surface area (Å²) >= 11 is 0. The van der Waals surface area contributed by atoms with Crippen molar-refractivity contribution in [2.24, 2.45) is 0 Å². The van der Waals surface area contributed by atoms with Gasteiger partial charge in [-0.1, -0.05) is 109 Å². The molecule has 6 rings (SSSR count). The van der Waals surface area contributed by atoms with E-state index in [4.69, 9.17) is 18.9 Å². The number of carbonyl (C=O) groups excluding carboxylic acids is 2. The second-order valence-electron chi connectivity index (χ2n) is 11.6. The molecule has 258 valence electrons. The van der Waals surface area contributed by atoms with Gasteiger partial charge in [-0.2, -0.15) is 9.58 Å². The minimum absolute atomic E-state index is 0.0392. The average Bonchev–Trinajstić information content (AvgIpc) is 3.19. The Bertz CT molecular complexity index is 2150. The molecule has 0 saturated heterocycles. The van der Waals surface area contributed by atoms with Crippen molar-refractivity contribution < 1.29 is 38.1 Å². The summed E-state index contributed by atoms with van der Waals surface area (Å²) in [6, 6.07) is 41.6. The van der Waals surface area contributed by atoms with Crippen molar-refractivity contribution >= 4 is 44.9 Å². The van der Waals surface area contributed by atoms with Crippen molar-refractivity contribution in [3.8, 4) is 11.1 Å². The number of benzene rings is 6. The summed E-state index contributed by atoms with van der Waals surface area (Å²) in [5.41, 5.74) is 23.2. The highest BCUT2D eigenvalue weighted by Gasteiger charge is 2.25. The topological polar surface area (TPSA) is 144 Å². The van der Waals surface area contributed by atoms with Crippen LogP contribution in [0.15, 0.2) is 133 Å². The fourth-order valence-electron chi connectivity index (χ4n) is 5.98. The largest absolute Gasteiger partial charge is 0.454 e. The Morgan fingerprint density at radius 2 is 0.846 bits per heavy atom. The van der Waals surface area contributed by atoms with E-state index in [1.54, 1.807) is 60.7 Å². The van der Waals surface area contributed by atoms with Gasteiger partial charge in [0.1, 0.15) is 13.2 Å². The van der Waals surface area contributed by atoms with E-state index in [0.717, 1.165) is 43.8 Å². The molecule has 10 heteroatoms. The van der Waals surface area contributed by atoms with Gasteiger partial charge in [0.15, 0.2) is 0 Å². The molecule has 6 aromatic rings. The monoisotopic (exact) mass is 690 g/mol. The van der Waals surface area contributed by atoms with Crippen LogP contribution in [0.3, 0.4) is 0 Å². The van der Waals surface area contributed by atoms with E-state index in [1.165, 1.54) is 0 Å². The van der Waals surface area contributed by atoms with Crippen LogP contribution in [0, 0.1) is 0 Å². The summed E-state index contributed by atoms with van der Waals surface area (Å²) in [6.07, 6.45) is 0. The lowest BCUT2D eigenvalue weighted by molar-refractivity contribution is -0.142. The minimum Gasteiger partial charge on any atom is -0.454 e. The lowest BCUT2D eigenvalue weighted by atomic mass is 9.87. The molecule has 0 amide bonds. The lowest BCUT2D eigenvalue weighted by Gasteiger charge is -2.19. The Morgan fingerprint density at radius 3 is 1.25 bits per heavy atom. The second kappa shape index (κ2) is 17.4. The first-order valence-corrected chi connectivity index (χ1v) is 16.7. The van der Waals surface area contributed by atoms with Crippen LogP contribution in [0.4, 0.5) is 0 Å². The summed E-state index contributed by atoms with van der Waals surface area (Å²) in [7, 11) is 0. The smallest absolute Gasteiger partial charge is 0.422 e. The average molecular weight is 691 g/mol. The molecule has 0 spiro atoms. The first kappa shape index (κ1) is 35.3. The molecule has 0 heterocycles. The molecule has 0 aliphatic carbocycles. The molecule has 0 atom stereocenters. The molecular formula is C42H34N4O6. The van der Waals surface area contributed by atoms with Gasteiger partial charge < -0.3 is 30.0 Å². The van der Waals surface area contributed by atoms with Crippen LogP contribution >= 0.6 is 0 Å². The van der Waals surface area contributed by atoms with Gasteiger partial charge in [-0.25, -0.2) is 9.59 Å². The molecule has 52 heavy (non-hydrogen) atoms. The standard InChI is InChI=1S/C42H34N4O6/c43-45-39(31-13-3-1-4-14-31)41(47)51-25-23-49-27-33-21-19-29-11-7-9-17-35(29)37(33)38-34(22-20-30-12-8-10-18-36(30)38)28-50-24-26-52-42(48)40(46-44)32-15-5-2-6-16-32/h1-22H,23-28H2. The van der Waals surface area contributed by atoms with Gasteiger partial charge in [-0.05, 0) is 68.1 Å². The molecule has 6 aromatic carbocycles. The van der Waals surface area contributed by atoms with E-state index in [2.05, 4.69) is 46.0 Å². The fraction of sp³-hybridized carbons (Fsp3) is 0.143. The van der Waals surface area contributed by atoms with Crippen molar-refractivity contribution in [1.82, 2.24) is 0 Å². The summed E-state index contributed by atoms with van der Waals surface area (Å²) < 4.78 is 22.8. The Balaban J connectivity index is 1.19. The highest BCUT2D eigenvalue weighted by Crippen LogP contribution is 2.39. The zero-order valence-electron chi connectivity index (χ0n) is 28.2. The molecule has 0 radical (unpaired) electrons. The van der Waals surface area contributed by atoms with Gasteiger partial charge in [-0.3, -0.25) is 0 Å². The van der Waals surface area contributed by atoms with Gasteiger partial charge in [-0.15, -0.1) is 0 Å². The third-order valence-electron chi connectivity index (χ3n) is 8.40. The van der Waals surface area contributed by atoms with Gasteiger partial charge >= 0.3 is 23.4 Å². The lowest BCUT2D eigenvalue weighted by Crippen LogP contribution is -2.21. The number of nitrogens with zero attached hydrogens (tertiary/aromatic N) is 4. The number of hydrogen-bond acceptors (Lipinski definition) is 6. The van der Waals surface area contributed by atoms with Crippen molar-refractivity contribution in [3.63, 3.8) is 0 Å². The summed E-state index contributed by atoms with van der Waals surface area (Å²) in [5.74, 6) is -1.51. The molecule has 0 aliphatic heterocycles. The first-order chi connectivity index (χ1) is 25.6. The van der Waals surface area contributed by atoms with E-state index in [1.807, 2.05) is 36.4 Å². The molecular weight excluding hydrogens is 656 g/mol. The quantitative estimate of drug-likeness (QED) is 0.0366. The predicted octanol–water partition coefficient (Wildman–Crippen LogP) is 7.22. The Hall–Kier alpha value is -6.54. The van der Waals surface area contributed by atoms with Crippen molar-refractivity contribution in [1.29, 1.82) is 0 Å². The molecule has 10 nitrogen and oxygen atoms in total. The Labute approximate surface area is 300 Å². The maximum Gasteiger partial charge on any atom is 0.422 e. The van der Waals surface area contributed by atoms with Gasteiger partial charge in [0.25, 0.3) is 0 Å². The summed E-state index contributed by atoms with van der Waals surface area (Å²) in [4.78, 5) is 31.5. The van der Waals surface area contributed by atoms with Gasteiger partial charge in [0.05, 0.1) is 37.6 Å². The molecule has 0 bridgehead atoms. The van der Waals surface area contributed by atoms with E-state index >= 15 is 0 Å². The van der Waals surface area contributed by atoms with Crippen LogP contribution in [0.5, 0.6) is 0 Å². The van der Waals surface area contributed by atoms with E-state index < -0.39 is 11.9 Å². The highest BCUT2D eigenvalue weighted by molar-refractivity contribution is 6.41. The van der Waals surface area contributed by atoms with Crippen molar-refractivity contribution in [2.45, 2.75) is 13.2 Å². The second-order valence-corrected chi connectivity index (χ2v) is 11.6. The van der Waals surface area contributed by atoms with Crippen LogP contribution < -0.4 is 0 Å². The highest BCUT2D eigenvalue weighted by atomic mass is 16.6. The zero-order chi connectivity index (χ0) is 36.1. The molecule has 0 unspecified atom stereocenters. The number of carbonyl (C=O) groups is 2. The number of rotatable bonds is 15. The Morgan fingerprint density at radius 1 is 0.462 bits per heavy atom. The van der Waals surface area contributed by atoms with Crippen LogP contribution in [0.1, 0.15) is 22.3 Å². The maximum absolute atomic E-state index is 12.6. The number of hydrogen-bond donors (Lipinski definition) is 0. The predicted molar refractivity (Wildman–Crippen MR) is 196 cm³/mol. The van der Waals surface area contributed by atoms with E-state index in [9.17, 15) is 20.7 Å². The first-order valence-electron chi connectivity index (χ1n) is 16.7. The third-order valence-corrected chi connectivity index (χ3v) is 8.40. The third kappa shape index (κ3) is 8.25. The van der Waals surface area contributed by atoms with E-state index in [0.29, 0.717) is 11.1 Å². The van der Waals surface area contributed by atoms with Gasteiger partial charge in [0.2, 0.25) is 0 Å². The summed E-state index contributed by atoms with van der Waals surface area (Å²) in [6.45, 7) is 0.608. The number of esters is 2. The normalized spacial score (nSPS) is 10.7. The number of fused-ring (bicyclic) bond motifs is 2. The van der Waals surface area contributed by atoms with Gasteiger partial charge in [0, 0.05) is 0 Å². The summed E-state index contributed by atoms with van der Waals surface area (Å²) in [5, 5.41) is 4.17. The van der Waals surface area contributed by atoms with Crippen LogP contribution in [0.2, 0.25) is 0 Å². The Kier molecular flexibility index (Phi) is 11.8. The van der Waals surface area contributed by atoms with Crippen LogP contribution in [0.25, 0.3) is 43.7 Å². The molecule has 0 aliphatic rings. The van der Waals surface area contributed by atoms with Crippen molar-refractivity contribution in [2.75, 3.05) is 26.4 Å². The van der Waals surface area contributed by atoms with E-state index in [-0.39, 0.29) is 51.1 Å². The molecule has 0 fully saturated rings. The SMILES string of the molecule is [N-]=[N+]=C(C(=O)OCCOCc1ccc2ccccc2c1-c1c(COCCOC(=O)C(=[N+]=[N-])c2ccccc2)ccc2ccccc12)c1ccccc1. The molecule has 0 saturated carbocycles. The fourth-order valence-corrected chi connectivity index (χ4v) is 5.98. The number of ether oxygens (including phenoxy) is 4. The molecule has 0 N–H and O–H groups in total. The van der Waals surface area contributed by atoms with Crippen LogP contribution in [-0.2, 0) is 41.8 Å². The zero-order valence-corrected chi connectivity index (χ0v) is 28.2. The van der Waals surface area contributed by atoms with Crippen LogP contribution in [-0.4, -0.2) is 59.4 Å². The maximum atomic E-state index is 12.6. The minimum atomic E-state index is -0.753. The molecule has 0 aromatic heterocycles. The van der Waals surface area contributed by atoms with Crippen molar-refractivity contribution in [3.05, 3.63) is 167 Å².